The van der Waals surface area contributed by atoms with Crippen molar-refractivity contribution < 1.29 is 9.59 Å². The zero-order valence-electron chi connectivity index (χ0n) is 14.1. The van der Waals surface area contributed by atoms with E-state index in [1.807, 2.05) is 54.6 Å². The van der Waals surface area contributed by atoms with Crippen LogP contribution < -0.4 is 5.32 Å². The molecule has 0 spiro atoms. The van der Waals surface area contributed by atoms with Gasteiger partial charge in [0.2, 0.25) is 5.91 Å². The van der Waals surface area contributed by atoms with Gasteiger partial charge in [0.25, 0.3) is 0 Å². The van der Waals surface area contributed by atoms with Crippen molar-refractivity contribution in [1.29, 1.82) is 5.26 Å². The van der Waals surface area contributed by atoms with E-state index in [2.05, 4.69) is 10.3 Å². The van der Waals surface area contributed by atoms with E-state index in [9.17, 15) is 9.59 Å². The van der Waals surface area contributed by atoms with Crippen LogP contribution in [0.5, 0.6) is 0 Å². The van der Waals surface area contributed by atoms with E-state index < -0.39 is 0 Å². The van der Waals surface area contributed by atoms with E-state index in [0.717, 1.165) is 21.3 Å². The Kier molecular flexibility index (Phi) is 5.72. The number of nitriles is 1. The number of carbonyl (C=O) groups excluding carboxylic acids is 2. The first kappa shape index (κ1) is 17.8. The van der Waals surface area contributed by atoms with Crippen LogP contribution in [-0.2, 0) is 16.0 Å². The molecule has 0 fully saturated rings. The molecular weight excluding hydrogens is 346 g/mol. The summed E-state index contributed by atoms with van der Waals surface area (Å²) in [4.78, 5) is 28.0. The highest BCUT2D eigenvalue weighted by atomic mass is 32.1. The predicted molar refractivity (Wildman–Crippen MR) is 102 cm³/mol. The number of Topliss-reactive ketones (excluding diaryl/α,β-unsaturated/α-hetero) is 1. The van der Waals surface area contributed by atoms with Gasteiger partial charge in [-0.15, -0.1) is 11.3 Å². The van der Waals surface area contributed by atoms with Gasteiger partial charge in [0.1, 0.15) is 5.01 Å². The third-order valence-electron chi connectivity index (χ3n) is 3.85. The molecule has 1 aromatic heterocycles. The largest absolute Gasteiger partial charge is 0.349 e. The number of benzene rings is 2. The molecule has 0 atom stereocenters. The summed E-state index contributed by atoms with van der Waals surface area (Å²) in [6.07, 6.45) is 0.488. The van der Waals surface area contributed by atoms with Crippen molar-refractivity contribution in [2.45, 2.75) is 19.3 Å². The second-order valence-corrected chi connectivity index (χ2v) is 6.92. The average Bonchev–Trinajstić information content (AvgIpc) is 3.06. The normalized spacial score (nSPS) is 10.4. The maximum Gasteiger partial charge on any atom is 0.227 e. The van der Waals surface area contributed by atoms with Gasteiger partial charge in [0.15, 0.2) is 5.78 Å². The minimum atomic E-state index is -0.238. The van der Waals surface area contributed by atoms with Crippen LogP contribution in [-0.4, -0.2) is 23.2 Å². The topological polar surface area (TPSA) is 82.9 Å². The molecule has 1 N–H and O–H groups in total. The summed E-state index contributed by atoms with van der Waals surface area (Å²) in [6, 6.07) is 18.1. The van der Waals surface area contributed by atoms with Crippen molar-refractivity contribution >= 4 is 33.2 Å². The Labute approximate surface area is 155 Å². The standard InChI is InChI=1S/C20H17N3O2S/c21-10-4-7-16(24)13-22-19(25)12-20-23-17-11-15(8-9-18(17)26-20)14-5-2-1-3-6-14/h1-3,5-6,8-9,11H,4,7,12-13H2,(H,22,25). The van der Waals surface area contributed by atoms with Crippen LogP contribution in [0.2, 0.25) is 0 Å². The van der Waals surface area contributed by atoms with E-state index in [0.29, 0.717) is 5.01 Å². The number of fused-ring (bicyclic) bond motifs is 1. The van der Waals surface area contributed by atoms with Crippen molar-refractivity contribution in [3.8, 4) is 17.2 Å². The summed E-state index contributed by atoms with van der Waals surface area (Å²) in [7, 11) is 0. The molecule has 0 aliphatic heterocycles. The smallest absolute Gasteiger partial charge is 0.227 e. The average molecular weight is 363 g/mol. The summed E-state index contributed by atoms with van der Waals surface area (Å²) in [5, 5.41) is 11.8. The maximum absolute atomic E-state index is 12.0. The highest BCUT2D eigenvalue weighted by molar-refractivity contribution is 7.18. The van der Waals surface area contributed by atoms with Crippen LogP contribution in [0.3, 0.4) is 0 Å². The zero-order valence-corrected chi connectivity index (χ0v) is 14.9. The molecule has 2 aromatic carbocycles. The van der Waals surface area contributed by atoms with E-state index in [1.54, 1.807) is 0 Å². The van der Waals surface area contributed by atoms with Crippen molar-refractivity contribution in [1.82, 2.24) is 10.3 Å². The van der Waals surface area contributed by atoms with E-state index in [1.165, 1.54) is 11.3 Å². The summed E-state index contributed by atoms with van der Waals surface area (Å²) in [5.41, 5.74) is 3.07. The van der Waals surface area contributed by atoms with Gasteiger partial charge in [-0.05, 0) is 23.3 Å². The number of nitrogens with one attached hydrogen (secondary N) is 1. The molecule has 0 radical (unpaired) electrons. The molecule has 0 saturated carbocycles. The summed E-state index contributed by atoms with van der Waals surface area (Å²) in [5.74, 6) is -0.380. The molecule has 130 valence electrons. The van der Waals surface area contributed by atoms with Crippen LogP contribution >= 0.6 is 11.3 Å². The van der Waals surface area contributed by atoms with Crippen molar-refractivity contribution in [2.24, 2.45) is 0 Å². The lowest BCUT2D eigenvalue weighted by Crippen LogP contribution is -2.30. The Morgan fingerprint density at radius 2 is 1.92 bits per heavy atom. The van der Waals surface area contributed by atoms with Crippen LogP contribution in [0, 0.1) is 11.3 Å². The molecule has 0 unspecified atom stereocenters. The third-order valence-corrected chi connectivity index (χ3v) is 4.89. The number of amides is 1. The number of thiazole rings is 1. The van der Waals surface area contributed by atoms with E-state index >= 15 is 0 Å². The molecule has 1 heterocycles. The molecule has 3 aromatic rings. The Morgan fingerprint density at radius 1 is 1.12 bits per heavy atom. The van der Waals surface area contributed by atoms with Gasteiger partial charge in [0, 0.05) is 12.8 Å². The highest BCUT2D eigenvalue weighted by Gasteiger charge is 2.11. The first-order valence-corrected chi connectivity index (χ1v) is 9.07. The molecule has 0 aliphatic rings. The highest BCUT2D eigenvalue weighted by Crippen LogP contribution is 2.28. The third kappa shape index (κ3) is 4.52. The fourth-order valence-electron chi connectivity index (χ4n) is 2.54. The lowest BCUT2D eigenvalue weighted by atomic mass is 10.1. The van der Waals surface area contributed by atoms with Gasteiger partial charge < -0.3 is 5.32 Å². The maximum atomic E-state index is 12.0. The zero-order chi connectivity index (χ0) is 18.4. The molecule has 0 saturated heterocycles. The fraction of sp³-hybridized carbons (Fsp3) is 0.200. The monoisotopic (exact) mass is 363 g/mol. The molecule has 0 aliphatic carbocycles. The molecule has 6 heteroatoms. The number of hydrogen-bond donors (Lipinski definition) is 1. The Bertz CT molecular complexity index is 974. The quantitative estimate of drug-likeness (QED) is 0.696. The molecule has 1 amide bonds. The number of nitrogens with zero attached hydrogens (tertiary/aromatic N) is 2. The summed E-state index contributed by atoms with van der Waals surface area (Å²) < 4.78 is 1.03. The van der Waals surface area contributed by atoms with Gasteiger partial charge in [-0.25, -0.2) is 4.98 Å². The second kappa shape index (κ2) is 8.37. The van der Waals surface area contributed by atoms with Crippen molar-refractivity contribution in [2.75, 3.05) is 6.54 Å². The summed E-state index contributed by atoms with van der Waals surface area (Å²) >= 11 is 1.48. The SMILES string of the molecule is N#CCCC(=O)CNC(=O)Cc1nc2cc(-c3ccccc3)ccc2s1. The molecule has 5 nitrogen and oxygen atoms in total. The van der Waals surface area contributed by atoms with Gasteiger partial charge in [-0.1, -0.05) is 36.4 Å². The fourth-order valence-corrected chi connectivity index (χ4v) is 3.49. The predicted octanol–water partition coefficient (Wildman–Crippen LogP) is 3.49. The first-order valence-electron chi connectivity index (χ1n) is 8.26. The van der Waals surface area contributed by atoms with Gasteiger partial charge >= 0.3 is 0 Å². The first-order chi connectivity index (χ1) is 12.7. The van der Waals surface area contributed by atoms with Gasteiger partial charge in [0.05, 0.1) is 29.3 Å². The molecule has 0 bridgehead atoms. The van der Waals surface area contributed by atoms with Crippen LogP contribution in [0.15, 0.2) is 48.5 Å². The van der Waals surface area contributed by atoms with Crippen LogP contribution in [0.1, 0.15) is 17.8 Å². The van der Waals surface area contributed by atoms with Crippen molar-refractivity contribution in [3.63, 3.8) is 0 Å². The minimum Gasteiger partial charge on any atom is -0.349 e. The Hall–Kier alpha value is -3.04. The molecular formula is C20H17N3O2S. The van der Waals surface area contributed by atoms with Gasteiger partial charge in [-0.2, -0.15) is 5.26 Å². The van der Waals surface area contributed by atoms with E-state index in [-0.39, 0.29) is 37.5 Å². The van der Waals surface area contributed by atoms with E-state index in [4.69, 9.17) is 5.26 Å². The Morgan fingerprint density at radius 3 is 2.69 bits per heavy atom. The number of hydrogen-bond acceptors (Lipinski definition) is 5. The Balaban J connectivity index is 1.65. The number of aromatic nitrogens is 1. The van der Waals surface area contributed by atoms with Crippen molar-refractivity contribution in [3.05, 3.63) is 53.5 Å². The minimum absolute atomic E-state index is 0.0381. The second-order valence-electron chi connectivity index (χ2n) is 5.81. The van der Waals surface area contributed by atoms with Crippen LogP contribution in [0.4, 0.5) is 0 Å². The lowest BCUT2D eigenvalue weighted by molar-refractivity contribution is -0.124. The van der Waals surface area contributed by atoms with Gasteiger partial charge in [-0.3, -0.25) is 9.59 Å². The number of rotatable bonds is 7. The van der Waals surface area contributed by atoms with Crippen LogP contribution in [0.25, 0.3) is 21.3 Å². The summed E-state index contributed by atoms with van der Waals surface area (Å²) in [6.45, 7) is -0.0381. The molecule has 26 heavy (non-hydrogen) atoms. The molecule has 3 rings (SSSR count). The number of ketones is 1. The number of carbonyl (C=O) groups is 2. The lowest BCUT2D eigenvalue weighted by Gasteiger charge is -2.01.